The van der Waals surface area contributed by atoms with Crippen LogP contribution in [0.5, 0.6) is 0 Å². The molecule has 0 radical (unpaired) electrons. The second-order valence-corrected chi connectivity index (χ2v) is 37.4. The maximum absolute atomic E-state index is 6.34. The summed E-state index contributed by atoms with van der Waals surface area (Å²) in [5, 5.41) is 25.8. The standard InChI is InChI=1S/C84H102N8S2/c1-77(2,3)49-29-45(30-50(37-49)78(4,5)6)65-57-25-26-58(85-57)66(46-31-51(79(7,8)9)38-52(32-46)80(10,11)12)71-75-76(90-64-44-94-43-63(64)89-75)72(92-71)68(48-35-55(83(19,20)21)40-56(36-48)84(22,23)24)60-28-27-59(86-60)67(47-33-53(81(13,14)15)39-54(34-47)82(16,17)18)70-74-73(69(65)91-70)87-61-41-93-42-62(61)88-74/h25-44,73-76,85-90H,1-24H3. The maximum Gasteiger partial charge on any atom is 0.0953 e. The minimum atomic E-state index is -0.281. The minimum Gasteiger partial charge on any atom is -0.372 e. The van der Waals surface area contributed by atoms with Crippen molar-refractivity contribution >= 4 is 67.5 Å². The maximum atomic E-state index is 6.34. The minimum absolute atomic E-state index is 0.158. The van der Waals surface area contributed by atoms with Gasteiger partial charge in [0.05, 0.1) is 69.7 Å². The first kappa shape index (κ1) is 65.3. The topological polar surface area (TPSA) is 105 Å². The summed E-state index contributed by atoms with van der Waals surface area (Å²) in [4.78, 5) is 21.3. The Hall–Kier alpha value is -7.40. The Morgan fingerprint density at radius 1 is 0.255 bits per heavy atom. The molecule has 6 N–H and O–H groups in total. The summed E-state index contributed by atoms with van der Waals surface area (Å²) in [6.07, 6.45) is 0. The van der Waals surface area contributed by atoms with Crippen LogP contribution in [0.1, 0.15) is 258 Å². The molecule has 4 aliphatic heterocycles. The monoisotopic (exact) mass is 1290 g/mol. The number of aromatic nitrogens is 4. The van der Waals surface area contributed by atoms with E-state index in [9.17, 15) is 0 Å². The van der Waals surface area contributed by atoms with Crippen LogP contribution in [-0.4, -0.2) is 19.9 Å². The number of benzene rings is 4. The molecule has 0 saturated heterocycles. The fraction of sp³-hybridized carbons (Fsp3) is 0.429. The van der Waals surface area contributed by atoms with Gasteiger partial charge in [0.1, 0.15) is 0 Å². The van der Waals surface area contributed by atoms with Gasteiger partial charge in [-0.05, 0) is 134 Å². The lowest BCUT2D eigenvalue weighted by molar-refractivity contribution is 0.568. The van der Waals surface area contributed by atoms with Gasteiger partial charge >= 0.3 is 0 Å². The Morgan fingerprint density at radius 2 is 0.426 bits per heavy atom. The summed E-state index contributed by atoms with van der Waals surface area (Å²) >= 11 is 3.45. The molecule has 10 heteroatoms. The van der Waals surface area contributed by atoms with Gasteiger partial charge in [-0.25, -0.2) is 0 Å². The Bertz CT molecular complexity index is 3960. The lowest BCUT2D eigenvalue weighted by atomic mass is 9.78. The summed E-state index contributed by atoms with van der Waals surface area (Å²) in [5.74, 6) is 0. The molecule has 0 fully saturated rings. The number of fused-ring (bicyclic) bond motifs is 16. The Labute approximate surface area is 569 Å². The zero-order valence-corrected chi connectivity index (χ0v) is 62.2. The predicted octanol–water partition coefficient (Wildman–Crippen LogP) is 24.1. The average Bonchev–Trinajstić information content (AvgIpc) is 1.56. The molecule has 4 atom stereocenters. The molecule has 0 spiro atoms. The number of anilines is 4. The molecule has 490 valence electrons. The molecule has 4 unspecified atom stereocenters. The number of nitrogens with zero attached hydrogens (tertiary/aromatic N) is 2. The van der Waals surface area contributed by atoms with Gasteiger partial charge in [-0.2, -0.15) is 0 Å². The number of aromatic amines is 2. The van der Waals surface area contributed by atoms with Crippen LogP contribution in [0.25, 0.3) is 66.6 Å². The van der Waals surface area contributed by atoms with Crippen LogP contribution in [0, 0.1) is 0 Å². The van der Waals surface area contributed by atoms with Crippen molar-refractivity contribution in [3.63, 3.8) is 0 Å². The highest BCUT2D eigenvalue weighted by molar-refractivity contribution is 7.09. The molecule has 4 aliphatic rings. The van der Waals surface area contributed by atoms with Gasteiger partial charge in [0.15, 0.2) is 0 Å². The number of rotatable bonds is 4. The number of H-pyrrole nitrogens is 2. The van der Waals surface area contributed by atoms with Crippen molar-refractivity contribution in [1.82, 2.24) is 19.9 Å². The predicted molar refractivity (Wildman–Crippen MR) is 406 cm³/mol. The Kier molecular flexibility index (Phi) is 15.3. The van der Waals surface area contributed by atoms with Crippen molar-refractivity contribution in [2.24, 2.45) is 0 Å². The second-order valence-electron chi connectivity index (χ2n) is 35.9. The molecule has 94 heavy (non-hydrogen) atoms. The Morgan fingerprint density at radius 3 is 0.585 bits per heavy atom. The lowest BCUT2D eigenvalue weighted by Gasteiger charge is -2.32. The molecule has 0 saturated carbocycles. The molecule has 8 bridgehead atoms. The largest absolute Gasteiger partial charge is 0.372 e. The van der Waals surface area contributed by atoms with Gasteiger partial charge in [-0.1, -0.05) is 239 Å². The molecular formula is C84H102N8S2. The first-order chi connectivity index (χ1) is 43.6. The van der Waals surface area contributed by atoms with Gasteiger partial charge in [0.25, 0.3) is 0 Å². The van der Waals surface area contributed by atoms with E-state index in [1.165, 1.54) is 44.5 Å². The molecule has 13 rings (SSSR count). The third-order valence-electron chi connectivity index (χ3n) is 20.2. The normalized spacial score (nSPS) is 17.7. The van der Waals surface area contributed by atoms with E-state index in [0.29, 0.717) is 0 Å². The van der Waals surface area contributed by atoms with E-state index < -0.39 is 0 Å². The molecule has 4 aromatic carbocycles. The van der Waals surface area contributed by atoms with E-state index in [2.05, 4.69) is 316 Å². The van der Waals surface area contributed by atoms with Crippen LogP contribution >= 0.6 is 22.7 Å². The number of hydrogen-bond acceptors (Lipinski definition) is 8. The van der Waals surface area contributed by atoms with Gasteiger partial charge in [0, 0.05) is 65.8 Å². The molecule has 8 nitrogen and oxygen atoms in total. The number of nitrogens with one attached hydrogen (secondary N) is 6. The van der Waals surface area contributed by atoms with Crippen molar-refractivity contribution in [3.05, 3.63) is 186 Å². The molecular weight excluding hydrogens is 1190 g/mol. The third kappa shape index (κ3) is 11.9. The Balaban J connectivity index is 1.32. The van der Waals surface area contributed by atoms with Crippen molar-refractivity contribution in [1.29, 1.82) is 0 Å². The smallest absolute Gasteiger partial charge is 0.0953 e. The summed E-state index contributed by atoms with van der Waals surface area (Å²) in [6.45, 7) is 56.3. The van der Waals surface area contributed by atoms with E-state index >= 15 is 0 Å². The lowest BCUT2D eigenvalue weighted by Crippen LogP contribution is -2.27. The summed E-state index contributed by atoms with van der Waals surface area (Å²) < 4.78 is 0. The third-order valence-corrected chi connectivity index (χ3v) is 21.7. The first-order valence-electron chi connectivity index (χ1n) is 34.2. The molecule has 0 aliphatic carbocycles. The van der Waals surface area contributed by atoms with Crippen LogP contribution in [0.15, 0.2) is 119 Å². The quantitative estimate of drug-likeness (QED) is 0.105. The van der Waals surface area contributed by atoms with Crippen molar-refractivity contribution in [2.45, 2.75) is 234 Å². The number of thiophene rings is 2. The SMILES string of the molecule is CC(C)(C)c1cc(-c2c3nc(c(-c4cc(C(C)(C)C)cc(C(C)(C)C)c4)c4ccc([nH]4)c(-c4cc(C(C)(C)C)cc(C(C)(C)C)c4)c4nc(c(-c5cc(C(C)(C)C)cc(C(C)(C)C)c5)c5ccc2[nH]5)C2Nc5cscc5NC42)C2Nc4cscc4NC32)cc(C(C)(C)C)c1. The fourth-order valence-corrected chi connectivity index (χ4v) is 15.5. The van der Waals surface area contributed by atoms with E-state index in [1.807, 2.05) is 0 Å². The van der Waals surface area contributed by atoms with Gasteiger partial charge in [-0.3, -0.25) is 9.97 Å². The van der Waals surface area contributed by atoms with Crippen LogP contribution in [0.2, 0.25) is 0 Å². The van der Waals surface area contributed by atoms with E-state index in [1.54, 1.807) is 22.7 Å². The van der Waals surface area contributed by atoms with Crippen LogP contribution in [-0.2, 0) is 43.3 Å². The zero-order chi connectivity index (χ0) is 67.7. The fourth-order valence-electron chi connectivity index (χ4n) is 14.0. The van der Waals surface area contributed by atoms with Crippen LogP contribution < -0.4 is 21.3 Å². The first-order valence-corrected chi connectivity index (χ1v) is 36.1. The van der Waals surface area contributed by atoms with E-state index in [4.69, 9.17) is 9.97 Å². The highest BCUT2D eigenvalue weighted by Crippen LogP contribution is 2.55. The number of hydrogen-bond donors (Lipinski definition) is 6. The van der Waals surface area contributed by atoms with E-state index in [-0.39, 0.29) is 67.5 Å². The average molecular weight is 1290 g/mol. The summed E-state index contributed by atoms with van der Waals surface area (Å²) in [7, 11) is 0. The summed E-state index contributed by atoms with van der Waals surface area (Å²) in [5.41, 5.74) is 30.0. The van der Waals surface area contributed by atoms with Crippen LogP contribution in [0.3, 0.4) is 0 Å². The molecule has 9 heterocycles. The highest BCUT2D eigenvalue weighted by Gasteiger charge is 2.44. The summed E-state index contributed by atoms with van der Waals surface area (Å²) in [6, 6.07) is 37.7. The molecule has 9 aromatic rings. The van der Waals surface area contributed by atoms with Gasteiger partial charge in [0.2, 0.25) is 0 Å². The van der Waals surface area contributed by atoms with E-state index in [0.717, 1.165) is 112 Å². The van der Waals surface area contributed by atoms with Crippen molar-refractivity contribution < 1.29 is 0 Å². The highest BCUT2D eigenvalue weighted by atomic mass is 32.1. The van der Waals surface area contributed by atoms with Crippen LogP contribution in [0.4, 0.5) is 22.7 Å². The molecule has 0 amide bonds. The zero-order valence-electron chi connectivity index (χ0n) is 60.6. The molecule has 5 aromatic heterocycles. The second kappa shape index (κ2) is 22.1. The van der Waals surface area contributed by atoms with Gasteiger partial charge < -0.3 is 31.2 Å². The van der Waals surface area contributed by atoms with Crippen molar-refractivity contribution in [2.75, 3.05) is 21.3 Å². The van der Waals surface area contributed by atoms with Crippen molar-refractivity contribution in [3.8, 4) is 44.5 Å². The van der Waals surface area contributed by atoms with Gasteiger partial charge in [-0.15, -0.1) is 22.7 Å².